The van der Waals surface area contributed by atoms with Crippen molar-refractivity contribution in [3.8, 4) is 0 Å². The molecule has 0 radical (unpaired) electrons. The van der Waals surface area contributed by atoms with E-state index in [0.29, 0.717) is 30.6 Å². The number of carbonyl (C=O) groups is 2. The Balaban J connectivity index is 2.07. The smallest absolute Gasteiger partial charge is 0.335 e. The molecule has 2 rings (SSSR count). The van der Waals surface area contributed by atoms with Gasteiger partial charge in [-0.15, -0.1) is 0 Å². The van der Waals surface area contributed by atoms with E-state index < -0.39 is 5.97 Å². The third-order valence-electron chi connectivity index (χ3n) is 4.02. The highest BCUT2D eigenvalue weighted by Gasteiger charge is 2.26. The van der Waals surface area contributed by atoms with Crippen molar-refractivity contribution in [3.63, 3.8) is 0 Å². The third kappa shape index (κ3) is 3.88. The number of nitrogens with one attached hydrogen (secondary N) is 1. The topological polar surface area (TPSA) is 69.6 Å². The number of piperidine rings is 1. The number of aromatic carboxylic acids is 1. The Morgan fingerprint density at radius 2 is 2.00 bits per heavy atom. The number of nitrogens with zero attached hydrogens (tertiary/aromatic N) is 1. The van der Waals surface area contributed by atoms with Gasteiger partial charge in [0, 0.05) is 23.8 Å². The third-order valence-corrected chi connectivity index (χ3v) is 4.24. The number of likely N-dealkylation sites (tertiary alicyclic amines) is 1. The molecule has 1 heterocycles. The number of carboxylic acids is 1. The van der Waals surface area contributed by atoms with Gasteiger partial charge >= 0.3 is 12.0 Å². The van der Waals surface area contributed by atoms with Crippen LogP contribution in [0.25, 0.3) is 0 Å². The van der Waals surface area contributed by atoms with Crippen LogP contribution in [0, 0.1) is 11.8 Å². The molecule has 1 aromatic rings. The molecule has 1 aliphatic rings. The highest BCUT2D eigenvalue weighted by molar-refractivity contribution is 6.31. The first-order valence-electron chi connectivity index (χ1n) is 6.96. The molecular weight excluding hydrogens is 292 g/mol. The van der Waals surface area contributed by atoms with Crippen molar-refractivity contribution in [1.29, 1.82) is 0 Å². The number of rotatable bonds is 2. The summed E-state index contributed by atoms with van der Waals surface area (Å²) in [5, 5.41) is 12.0. The molecule has 2 unspecified atom stereocenters. The standard InChI is InChI=1S/C15H19ClN2O3/c1-9-3-4-18(8-10(9)2)15(21)17-13-6-11(14(19)20)5-12(16)7-13/h5-7,9-10H,3-4,8H2,1-2H3,(H,17,21)(H,19,20). The lowest BCUT2D eigenvalue weighted by atomic mass is 9.89. The average molecular weight is 311 g/mol. The summed E-state index contributed by atoms with van der Waals surface area (Å²) in [5.41, 5.74) is 0.453. The van der Waals surface area contributed by atoms with Crippen LogP contribution in [0.4, 0.5) is 10.5 Å². The van der Waals surface area contributed by atoms with Crippen molar-refractivity contribution in [1.82, 2.24) is 4.90 Å². The Bertz CT molecular complexity index is 562. The van der Waals surface area contributed by atoms with E-state index in [-0.39, 0.29) is 16.6 Å². The summed E-state index contributed by atoms with van der Waals surface area (Å²) < 4.78 is 0. The summed E-state index contributed by atoms with van der Waals surface area (Å²) in [6, 6.07) is 4.08. The minimum atomic E-state index is -1.08. The number of benzene rings is 1. The number of halogens is 1. The predicted octanol–water partition coefficient (Wildman–Crippen LogP) is 3.55. The van der Waals surface area contributed by atoms with Crippen molar-refractivity contribution >= 4 is 29.3 Å². The Kier molecular flexibility index (Phi) is 4.73. The monoisotopic (exact) mass is 310 g/mol. The van der Waals surface area contributed by atoms with E-state index in [1.165, 1.54) is 12.1 Å². The summed E-state index contributed by atoms with van der Waals surface area (Å²) in [6.07, 6.45) is 0.977. The summed E-state index contributed by atoms with van der Waals surface area (Å²) in [6.45, 7) is 5.74. The summed E-state index contributed by atoms with van der Waals surface area (Å²) in [7, 11) is 0. The van der Waals surface area contributed by atoms with E-state index in [4.69, 9.17) is 16.7 Å². The summed E-state index contributed by atoms with van der Waals surface area (Å²) >= 11 is 5.88. The maximum atomic E-state index is 12.2. The second kappa shape index (κ2) is 6.35. The fraction of sp³-hybridized carbons (Fsp3) is 0.467. The van der Waals surface area contributed by atoms with Crippen molar-refractivity contribution in [2.75, 3.05) is 18.4 Å². The van der Waals surface area contributed by atoms with Gasteiger partial charge in [-0.25, -0.2) is 9.59 Å². The zero-order valence-corrected chi connectivity index (χ0v) is 12.9. The minimum Gasteiger partial charge on any atom is -0.478 e. The second-order valence-electron chi connectivity index (χ2n) is 5.65. The van der Waals surface area contributed by atoms with Gasteiger partial charge in [-0.05, 0) is 36.5 Å². The van der Waals surface area contributed by atoms with Crippen LogP contribution in [-0.4, -0.2) is 35.1 Å². The number of anilines is 1. The van der Waals surface area contributed by atoms with Crippen LogP contribution in [0.15, 0.2) is 18.2 Å². The average Bonchev–Trinajstić information content (AvgIpc) is 2.41. The van der Waals surface area contributed by atoms with E-state index in [2.05, 4.69) is 19.2 Å². The van der Waals surface area contributed by atoms with E-state index in [0.717, 1.165) is 6.42 Å². The lowest BCUT2D eigenvalue weighted by Gasteiger charge is -2.35. The van der Waals surface area contributed by atoms with Gasteiger partial charge in [-0.3, -0.25) is 0 Å². The van der Waals surface area contributed by atoms with Crippen LogP contribution in [0.3, 0.4) is 0 Å². The van der Waals surface area contributed by atoms with Gasteiger partial charge in [0.15, 0.2) is 0 Å². The molecule has 1 saturated heterocycles. The lowest BCUT2D eigenvalue weighted by molar-refractivity contribution is 0.0697. The minimum absolute atomic E-state index is 0.0541. The SMILES string of the molecule is CC1CCN(C(=O)Nc2cc(Cl)cc(C(=O)O)c2)CC1C. The number of carbonyl (C=O) groups excluding carboxylic acids is 1. The maximum absolute atomic E-state index is 12.2. The molecule has 2 atom stereocenters. The fourth-order valence-electron chi connectivity index (χ4n) is 2.44. The van der Waals surface area contributed by atoms with E-state index in [1.807, 2.05) is 0 Å². The Hall–Kier alpha value is -1.75. The fourth-order valence-corrected chi connectivity index (χ4v) is 2.67. The predicted molar refractivity (Wildman–Crippen MR) is 81.9 cm³/mol. The van der Waals surface area contributed by atoms with Crippen molar-refractivity contribution in [2.24, 2.45) is 11.8 Å². The zero-order valence-electron chi connectivity index (χ0n) is 12.1. The van der Waals surface area contributed by atoms with Gasteiger partial charge < -0.3 is 15.3 Å². The zero-order chi connectivity index (χ0) is 15.6. The molecule has 2 N–H and O–H groups in total. The normalized spacial score (nSPS) is 22.0. The number of urea groups is 1. The Morgan fingerprint density at radius 1 is 1.29 bits per heavy atom. The highest BCUT2D eigenvalue weighted by atomic mass is 35.5. The van der Waals surface area contributed by atoms with Gasteiger partial charge in [0.05, 0.1) is 5.56 Å². The molecule has 21 heavy (non-hydrogen) atoms. The first kappa shape index (κ1) is 15.6. The van der Waals surface area contributed by atoms with Crippen molar-refractivity contribution in [2.45, 2.75) is 20.3 Å². The molecular formula is C15H19ClN2O3. The van der Waals surface area contributed by atoms with Crippen LogP contribution in [0.2, 0.25) is 5.02 Å². The van der Waals surface area contributed by atoms with Crippen LogP contribution >= 0.6 is 11.6 Å². The van der Waals surface area contributed by atoms with E-state index in [1.54, 1.807) is 11.0 Å². The number of amides is 2. The molecule has 0 saturated carbocycles. The molecule has 6 heteroatoms. The number of hydrogen-bond acceptors (Lipinski definition) is 2. The van der Waals surface area contributed by atoms with Crippen molar-refractivity contribution < 1.29 is 14.7 Å². The number of carboxylic acid groups (broad SMARTS) is 1. The molecule has 1 aromatic carbocycles. The molecule has 0 aromatic heterocycles. The van der Waals surface area contributed by atoms with Gasteiger partial charge in [0.25, 0.3) is 0 Å². The first-order valence-corrected chi connectivity index (χ1v) is 7.34. The van der Waals surface area contributed by atoms with Crippen LogP contribution in [-0.2, 0) is 0 Å². The molecule has 0 aliphatic carbocycles. The van der Waals surface area contributed by atoms with Crippen molar-refractivity contribution in [3.05, 3.63) is 28.8 Å². The summed E-state index contributed by atoms with van der Waals surface area (Å²) in [4.78, 5) is 25.0. The number of hydrogen-bond donors (Lipinski definition) is 2. The van der Waals surface area contributed by atoms with Crippen LogP contribution < -0.4 is 5.32 Å². The molecule has 1 aliphatic heterocycles. The largest absolute Gasteiger partial charge is 0.478 e. The molecule has 0 bridgehead atoms. The molecule has 1 fully saturated rings. The molecule has 5 nitrogen and oxygen atoms in total. The van der Waals surface area contributed by atoms with Gasteiger partial charge in [-0.2, -0.15) is 0 Å². The quantitative estimate of drug-likeness (QED) is 0.877. The van der Waals surface area contributed by atoms with E-state index in [9.17, 15) is 9.59 Å². The summed E-state index contributed by atoms with van der Waals surface area (Å²) in [5.74, 6) is -0.00862. The van der Waals surface area contributed by atoms with Gasteiger partial charge in [0.2, 0.25) is 0 Å². The van der Waals surface area contributed by atoms with Gasteiger partial charge in [0.1, 0.15) is 0 Å². The highest BCUT2D eigenvalue weighted by Crippen LogP contribution is 2.24. The first-order chi connectivity index (χ1) is 9.86. The van der Waals surface area contributed by atoms with E-state index >= 15 is 0 Å². The van der Waals surface area contributed by atoms with Crippen LogP contribution in [0.5, 0.6) is 0 Å². The Labute approximate surface area is 128 Å². The molecule has 114 valence electrons. The lowest BCUT2D eigenvalue weighted by Crippen LogP contribution is -2.44. The molecule has 0 spiro atoms. The van der Waals surface area contributed by atoms with Crippen LogP contribution in [0.1, 0.15) is 30.6 Å². The Morgan fingerprint density at radius 3 is 2.62 bits per heavy atom. The molecule has 2 amide bonds. The maximum Gasteiger partial charge on any atom is 0.335 e. The second-order valence-corrected chi connectivity index (χ2v) is 6.09. The van der Waals surface area contributed by atoms with Gasteiger partial charge in [-0.1, -0.05) is 25.4 Å².